The summed E-state index contributed by atoms with van der Waals surface area (Å²) >= 11 is 0. The van der Waals surface area contributed by atoms with E-state index in [1.54, 1.807) is 0 Å². The molecule has 0 heterocycles. The van der Waals surface area contributed by atoms with Gasteiger partial charge in [0.05, 0.1) is 0 Å². The molecule has 0 saturated carbocycles. The second-order valence-electron chi connectivity index (χ2n) is 2.19. The molecule has 0 spiro atoms. The molecule has 0 saturated heterocycles. The summed E-state index contributed by atoms with van der Waals surface area (Å²) in [6.45, 7) is 0. The van der Waals surface area contributed by atoms with Gasteiger partial charge in [-0.1, -0.05) is 0 Å². The Bertz CT molecular complexity index is 231. The van der Waals surface area contributed by atoms with E-state index in [0.29, 0.717) is 6.20 Å². The van der Waals surface area contributed by atoms with Crippen LogP contribution in [0.5, 0.6) is 0 Å². The SMILES string of the molecule is N#[N+]C=C([O-])CC[C@H](N)C(=O)O. The molecule has 6 nitrogen and oxygen atoms in total. The van der Waals surface area contributed by atoms with Crippen molar-refractivity contribution in [1.29, 1.82) is 5.39 Å². The number of diazo groups is 1. The van der Waals surface area contributed by atoms with E-state index in [9.17, 15) is 9.90 Å². The number of hydrogen-bond acceptors (Lipinski definition) is 4. The molecule has 0 aromatic heterocycles. The Hall–Kier alpha value is -1.61. The fraction of sp³-hybridized carbons (Fsp3) is 0.500. The molecule has 0 aliphatic carbocycles. The lowest BCUT2D eigenvalue weighted by atomic mass is 10.1. The molecule has 0 amide bonds. The Morgan fingerprint density at radius 3 is 2.83 bits per heavy atom. The lowest BCUT2D eigenvalue weighted by Gasteiger charge is -2.08. The second-order valence-corrected chi connectivity index (χ2v) is 2.19. The van der Waals surface area contributed by atoms with Crippen LogP contribution in [-0.2, 0) is 4.79 Å². The van der Waals surface area contributed by atoms with Gasteiger partial charge in [0.25, 0.3) is 0 Å². The van der Waals surface area contributed by atoms with Crippen LogP contribution in [0.4, 0.5) is 0 Å². The molecular weight excluding hydrogens is 162 g/mol. The molecule has 0 radical (unpaired) electrons. The first kappa shape index (κ1) is 10.4. The van der Waals surface area contributed by atoms with Crippen LogP contribution in [0.15, 0.2) is 12.0 Å². The summed E-state index contributed by atoms with van der Waals surface area (Å²) in [6.07, 6.45) is 0.728. The highest BCUT2D eigenvalue weighted by Gasteiger charge is 2.10. The van der Waals surface area contributed by atoms with Crippen LogP contribution >= 0.6 is 0 Å². The summed E-state index contributed by atoms with van der Waals surface area (Å²) in [5.74, 6) is -1.60. The van der Waals surface area contributed by atoms with Crippen molar-refractivity contribution < 1.29 is 15.0 Å². The van der Waals surface area contributed by atoms with E-state index in [4.69, 9.17) is 16.2 Å². The molecular formula is C6H9N3O3. The van der Waals surface area contributed by atoms with Crippen LogP contribution in [0.3, 0.4) is 0 Å². The van der Waals surface area contributed by atoms with Gasteiger partial charge < -0.3 is 15.9 Å². The zero-order valence-corrected chi connectivity index (χ0v) is 6.30. The number of carboxylic acids is 1. The molecule has 0 aromatic carbocycles. The minimum absolute atomic E-state index is 0.0302. The number of nitrogens with zero attached hydrogens (tertiary/aromatic N) is 2. The summed E-state index contributed by atoms with van der Waals surface area (Å²) < 4.78 is 0. The lowest BCUT2D eigenvalue weighted by molar-refractivity contribution is -0.306. The molecule has 0 aromatic rings. The topological polar surface area (TPSA) is 115 Å². The Labute approximate surface area is 68.9 Å². The third-order valence-corrected chi connectivity index (χ3v) is 1.22. The highest BCUT2D eigenvalue weighted by Crippen LogP contribution is 2.00. The van der Waals surface area contributed by atoms with Gasteiger partial charge in [-0.2, -0.15) is 0 Å². The summed E-state index contributed by atoms with van der Waals surface area (Å²) in [6, 6.07) is -1.04. The minimum Gasteiger partial charge on any atom is -0.871 e. The van der Waals surface area contributed by atoms with Crippen molar-refractivity contribution in [3.63, 3.8) is 0 Å². The Morgan fingerprint density at radius 1 is 1.83 bits per heavy atom. The van der Waals surface area contributed by atoms with Crippen LogP contribution in [0.2, 0.25) is 0 Å². The molecule has 1 atom stereocenters. The van der Waals surface area contributed by atoms with Crippen molar-refractivity contribution in [2.24, 2.45) is 5.73 Å². The maximum Gasteiger partial charge on any atom is 0.338 e. The fourth-order valence-corrected chi connectivity index (χ4v) is 0.550. The summed E-state index contributed by atoms with van der Waals surface area (Å²) in [5, 5.41) is 26.8. The van der Waals surface area contributed by atoms with Crippen LogP contribution < -0.4 is 10.8 Å². The number of aliphatic carboxylic acids is 1. The van der Waals surface area contributed by atoms with E-state index in [1.807, 2.05) is 0 Å². The van der Waals surface area contributed by atoms with Crippen molar-refractivity contribution in [2.75, 3.05) is 0 Å². The first-order chi connectivity index (χ1) is 5.57. The molecule has 0 aliphatic rings. The van der Waals surface area contributed by atoms with E-state index in [1.165, 1.54) is 0 Å². The number of nitrogens with two attached hydrogens (primary N) is 1. The van der Waals surface area contributed by atoms with E-state index < -0.39 is 17.8 Å². The highest BCUT2D eigenvalue weighted by molar-refractivity contribution is 5.72. The Kier molecular flexibility index (Phi) is 4.41. The Morgan fingerprint density at radius 2 is 2.42 bits per heavy atom. The minimum atomic E-state index is -1.15. The van der Waals surface area contributed by atoms with Crippen LogP contribution in [0.1, 0.15) is 12.8 Å². The standard InChI is InChI=1S/C6H9N3O3/c7-5(6(11)12)2-1-4(10)3-9-8/h3,5H,1-2,7H2,(H-,10,11,12)/t5-/m0/s1. The van der Waals surface area contributed by atoms with Crippen molar-refractivity contribution in [2.45, 2.75) is 18.9 Å². The third kappa shape index (κ3) is 4.24. The first-order valence-corrected chi connectivity index (χ1v) is 3.26. The van der Waals surface area contributed by atoms with Gasteiger partial charge in [-0.15, -0.1) is 0 Å². The summed E-state index contributed by atoms with van der Waals surface area (Å²) in [5.41, 5.74) is 5.10. The number of carbonyl (C=O) groups is 1. The maximum atomic E-state index is 10.6. The molecule has 0 aliphatic heterocycles. The van der Waals surface area contributed by atoms with Crippen molar-refractivity contribution >= 4 is 5.97 Å². The van der Waals surface area contributed by atoms with Gasteiger partial charge in [-0.25, -0.2) is 0 Å². The zero-order chi connectivity index (χ0) is 9.56. The number of hydrogen-bond donors (Lipinski definition) is 2. The smallest absolute Gasteiger partial charge is 0.338 e. The second kappa shape index (κ2) is 5.09. The van der Waals surface area contributed by atoms with Crippen LogP contribution in [-0.4, -0.2) is 17.1 Å². The highest BCUT2D eigenvalue weighted by atomic mass is 16.4. The third-order valence-electron chi connectivity index (χ3n) is 1.22. The predicted molar refractivity (Wildman–Crippen MR) is 38.0 cm³/mol. The van der Waals surface area contributed by atoms with Crippen molar-refractivity contribution in [1.82, 2.24) is 0 Å². The van der Waals surface area contributed by atoms with E-state index in [0.717, 1.165) is 0 Å². The maximum absolute atomic E-state index is 10.6. The molecule has 6 heteroatoms. The monoisotopic (exact) mass is 171 g/mol. The number of allylic oxidation sites excluding steroid dienone is 1. The van der Waals surface area contributed by atoms with E-state index >= 15 is 0 Å². The molecule has 3 N–H and O–H groups in total. The van der Waals surface area contributed by atoms with Crippen LogP contribution in [0, 0.1) is 5.39 Å². The van der Waals surface area contributed by atoms with Gasteiger partial charge >= 0.3 is 12.2 Å². The van der Waals surface area contributed by atoms with Gasteiger partial charge in [0, 0.05) is 0 Å². The summed E-state index contributed by atoms with van der Waals surface area (Å²) in [4.78, 5) is 12.6. The summed E-state index contributed by atoms with van der Waals surface area (Å²) in [7, 11) is 0. The van der Waals surface area contributed by atoms with Gasteiger partial charge in [-0.05, 0) is 18.6 Å². The van der Waals surface area contributed by atoms with Gasteiger partial charge in [0.1, 0.15) is 6.04 Å². The van der Waals surface area contributed by atoms with E-state index in [2.05, 4.69) is 4.98 Å². The normalized spacial score (nSPS) is 13.5. The molecule has 0 unspecified atom stereocenters. The van der Waals surface area contributed by atoms with Gasteiger partial charge in [0.15, 0.2) is 4.98 Å². The van der Waals surface area contributed by atoms with Crippen molar-refractivity contribution in [3.05, 3.63) is 16.9 Å². The Balaban J connectivity index is 3.78. The molecule has 0 fully saturated rings. The number of rotatable bonds is 4. The fourth-order valence-electron chi connectivity index (χ4n) is 0.550. The largest absolute Gasteiger partial charge is 0.871 e. The average Bonchev–Trinajstić information content (AvgIpc) is 2.00. The van der Waals surface area contributed by atoms with Gasteiger partial charge in [0.2, 0.25) is 5.39 Å². The lowest BCUT2D eigenvalue weighted by Crippen LogP contribution is -2.30. The molecule has 12 heavy (non-hydrogen) atoms. The molecule has 66 valence electrons. The zero-order valence-electron chi connectivity index (χ0n) is 6.30. The van der Waals surface area contributed by atoms with Crippen LogP contribution in [0.25, 0.3) is 4.98 Å². The van der Waals surface area contributed by atoms with Crippen molar-refractivity contribution in [3.8, 4) is 0 Å². The quantitative estimate of drug-likeness (QED) is 0.426. The predicted octanol–water partition coefficient (Wildman–Crippen LogP) is -0.767. The van der Waals surface area contributed by atoms with E-state index in [-0.39, 0.29) is 12.8 Å². The first-order valence-electron chi connectivity index (χ1n) is 3.26. The molecule has 0 bridgehead atoms. The average molecular weight is 171 g/mol. The number of carboxylic acid groups (broad SMARTS) is 1. The molecule has 0 rings (SSSR count). The van der Waals surface area contributed by atoms with Gasteiger partial charge in [-0.3, -0.25) is 4.79 Å².